The van der Waals surface area contributed by atoms with Crippen molar-refractivity contribution in [1.82, 2.24) is 28.5 Å². The third kappa shape index (κ3) is 3.16. The number of benzene rings is 5. The van der Waals surface area contributed by atoms with Gasteiger partial charge in [-0.25, -0.2) is 9.97 Å². The lowest BCUT2D eigenvalue weighted by atomic mass is 10.0. The molecule has 0 atom stereocenters. The standard InChI is InChI=1S/C41H24N6/c1-3-10-25(11-4-1)45-32-15-8-7-14-27(32)28-17-18-29-37-34(46(39(29)38(28)45)26-12-5-2-6-13-26)20-19-30-36(37)31-24-42-23-21-33(31)47-35-16-9-22-43-40(35)44-41(30)47/h1-24H. The summed E-state index contributed by atoms with van der Waals surface area (Å²) < 4.78 is 7.11. The van der Waals surface area contributed by atoms with Gasteiger partial charge in [0.05, 0.1) is 33.1 Å². The van der Waals surface area contributed by atoms with Crippen LogP contribution in [0.25, 0.3) is 93.5 Å². The summed E-state index contributed by atoms with van der Waals surface area (Å²) in [5, 5.41) is 8.14. The minimum atomic E-state index is 0.735. The molecular weight excluding hydrogens is 576 g/mol. The fourth-order valence-electron chi connectivity index (χ4n) is 7.91. The second-order valence-corrected chi connectivity index (χ2v) is 12.1. The van der Waals surface area contributed by atoms with Gasteiger partial charge in [0.1, 0.15) is 5.65 Å². The molecule has 0 saturated heterocycles. The SMILES string of the molecule is c1ccc(-n2c3ccccc3c3ccc4c5c6c7cnccc7n7c8cccnc8nc7c6ccc5n(-c5ccccc5)c4c32)cc1. The molecule has 0 amide bonds. The number of para-hydroxylation sites is 3. The Bertz CT molecular complexity index is 3060. The Labute approximate surface area is 267 Å². The van der Waals surface area contributed by atoms with E-state index in [4.69, 9.17) is 4.98 Å². The number of hydrogen-bond acceptors (Lipinski definition) is 3. The number of aromatic nitrogens is 6. The van der Waals surface area contributed by atoms with E-state index in [1.165, 1.54) is 38.1 Å². The monoisotopic (exact) mass is 600 g/mol. The molecule has 11 rings (SSSR count). The van der Waals surface area contributed by atoms with Crippen molar-refractivity contribution >= 4 is 82.1 Å². The first kappa shape index (κ1) is 24.8. The van der Waals surface area contributed by atoms with E-state index in [2.05, 4.69) is 145 Å². The third-order valence-electron chi connectivity index (χ3n) is 9.74. The maximum absolute atomic E-state index is 5.10. The predicted molar refractivity (Wildman–Crippen MR) is 192 cm³/mol. The first-order valence-corrected chi connectivity index (χ1v) is 15.8. The average molecular weight is 601 g/mol. The molecule has 0 spiro atoms. The highest BCUT2D eigenvalue weighted by Gasteiger charge is 2.24. The van der Waals surface area contributed by atoms with E-state index in [0.717, 1.165) is 55.4 Å². The molecule has 0 saturated carbocycles. The van der Waals surface area contributed by atoms with Crippen molar-refractivity contribution in [1.29, 1.82) is 0 Å². The van der Waals surface area contributed by atoms with Gasteiger partial charge in [0.15, 0.2) is 5.65 Å². The molecule has 47 heavy (non-hydrogen) atoms. The Morgan fingerprint density at radius 1 is 0.426 bits per heavy atom. The van der Waals surface area contributed by atoms with Crippen molar-refractivity contribution in [2.24, 2.45) is 0 Å². The summed E-state index contributed by atoms with van der Waals surface area (Å²) in [6.45, 7) is 0. The maximum atomic E-state index is 5.10. The Balaban J connectivity index is 1.45. The van der Waals surface area contributed by atoms with Crippen molar-refractivity contribution in [3.63, 3.8) is 0 Å². The van der Waals surface area contributed by atoms with Crippen LogP contribution in [0.4, 0.5) is 0 Å². The van der Waals surface area contributed by atoms with Gasteiger partial charge in [-0.2, -0.15) is 0 Å². The molecular formula is C41H24N6. The first-order chi connectivity index (χ1) is 23.4. The Morgan fingerprint density at radius 2 is 1.11 bits per heavy atom. The van der Waals surface area contributed by atoms with Crippen LogP contribution in [-0.2, 0) is 0 Å². The summed E-state index contributed by atoms with van der Waals surface area (Å²) in [5.41, 5.74) is 10.6. The quantitative estimate of drug-likeness (QED) is 0.186. The number of hydrogen-bond donors (Lipinski definition) is 0. The number of rotatable bonds is 2. The molecule has 0 N–H and O–H groups in total. The van der Waals surface area contributed by atoms with Crippen LogP contribution in [0.5, 0.6) is 0 Å². The molecule has 218 valence electrons. The molecule has 0 aliphatic heterocycles. The second-order valence-electron chi connectivity index (χ2n) is 12.1. The van der Waals surface area contributed by atoms with Crippen LogP contribution in [0.3, 0.4) is 0 Å². The van der Waals surface area contributed by atoms with E-state index >= 15 is 0 Å². The van der Waals surface area contributed by atoms with Crippen LogP contribution >= 0.6 is 0 Å². The number of nitrogens with zero attached hydrogens (tertiary/aromatic N) is 6. The van der Waals surface area contributed by atoms with E-state index < -0.39 is 0 Å². The van der Waals surface area contributed by atoms with Crippen LogP contribution in [0.2, 0.25) is 0 Å². The summed E-state index contributed by atoms with van der Waals surface area (Å²) in [7, 11) is 0. The lowest BCUT2D eigenvalue weighted by Gasteiger charge is -2.12. The lowest BCUT2D eigenvalue weighted by Crippen LogP contribution is -1.98. The molecule has 6 aromatic heterocycles. The average Bonchev–Trinajstić information content (AvgIpc) is 3.80. The highest BCUT2D eigenvalue weighted by Crippen LogP contribution is 2.45. The highest BCUT2D eigenvalue weighted by atomic mass is 15.1. The molecule has 6 nitrogen and oxygen atoms in total. The van der Waals surface area contributed by atoms with E-state index in [1.807, 2.05) is 24.7 Å². The largest absolute Gasteiger partial charge is 0.307 e. The predicted octanol–water partition coefficient (Wildman–Crippen LogP) is 9.78. The molecule has 0 fully saturated rings. The zero-order valence-corrected chi connectivity index (χ0v) is 25.0. The summed E-state index contributed by atoms with van der Waals surface area (Å²) in [4.78, 5) is 14.4. The van der Waals surface area contributed by atoms with Gasteiger partial charge in [-0.15, -0.1) is 0 Å². The van der Waals surface area contributed by atoms with Gasteiger partial charge in [-0.1, -0.05) is 66.7 Å². The minimum absolute atomic E-state index is 0.735. The second kappa shape index (κ2) is 9.02. The topological polar surface area (TPSA) is 52.9 Å². The van der Waals surface area contributed by atoms with Crippen molar-refractivity contribution in [2.75, 3.05) is 0 Å². The molecule has 5 aromatic carbocycles. The van der Waals surface area contributed by atoms with Gasteiger partial charge in [0.2, 0.25) is 0 Å². The molecule has 0 aliphatic carbocycles. The van der Waals surface area contributed by atoms with Crippen molar-refractivity contribution in [2.45, 2.75) is 0 Å². The fourth-order valence-corrected chi connectivity index (χ4v) is 7.91. The van der Waals surface area contributed by atoms with Crippen molar-refractivity contribution < 1.29 is 0 Å². The Morgan fingerprint density at radius 3 is 1.94 bits per heavy atom. The van der Waals surface area contributed by atoms with E-state index in [1.54, 1.807) is 0 Å². The van der Waals surface area contributed by atoms with Crippen LogP contribution in [0.15, 0.2) is 146 Å². The van der Waals surface area contributed by atoms with Crippen molar-refractivity contribution in [3.05, 3.63) is 146 Å². The van der Waals surface area contributed by atoms with Crippen LogP contribution in [-0.4, -0.2) is 28.5 Å². The van der Waals surface area contributed by atoms with E-state index in [0.29, 0.717) is 0 Å². The summed E-state index contributed by atoms with van der Waals surface area (Å²) in [6.07, 6.45) is 5.68. The number of pyridine rings is 3. The molecule has 0 bridgehead atoms. The van der Waals surface area contributed by atoms with E-state index in [9.17, 15) is 0 Å². The van der Waals surface area contributed by atoms with Gasteiger partial charge >= 0.3 is 0 Å². The molecule has 6 heteroatoms. The molecule has 0 unspecified atom stereocenters. The van der Waals surface area contributed by atoms with Gasteiger partial charge in [-0.3, -0.25) is 9.38 Å². The van der Waals surface area contributed by atoms with Crippen molar-refractivity contribution in [3.8, 4) is 11.4 Å². The van der Waals surface area contributed by atoms with Gasteiger partial charge in [-0.05, 0) is 60.7 Å². The zero-order valence-electron chi connectivity index (χ0n) is 25.0. The summed E-state index contributed by atoms with van der Waals surface area (Å²) >= 11 is 0. The molecule has 6 heterocycles. The summed E-state index contributed by atoms with van der Waals surface area (Å²) in [6, 6.07) is 45.4. The van der Waals surface area contributed by atoms with Gasteiger partial charge in [0.25, 0.3) is 0 Å². The van der Waals surface area contributed by atoms with E-state index in [-0.39, 0.29) is 0 Å². The van der Waals surface area contributed by atoms with Crippen LogP contribution < -0.4 is 0 Å². The van der Waals surface area contributed by atoms with Gasteiger partial charge in [0, 0.05) is 67.7 Å². The Kier molecular flexibility index (Phi) is 4.75. The van der Waals surface area contributed by atoms with Gasteiger partial charge < -0.3 is 9.13 Å². The smallest absolute Gasteiger partial charge is 0.178 e. The molecule has 0 radical (unpaired) electrons. The lowest BCUT2D eigenvalue weighted by molar-refractivity contribution is 1.15. The summed E-state index contributed by atoms with van der Waals surface area (Å²) in [5.74, 6) is 0. The third-order valence-corrected chi connectivity index (χ3v) is 9.74. The molecule has 0 aliphatic rings. The normalized spacial score (nSPS) is 12.3. The van der Waals surface area contributed by atoms with Crippen LogP contribution in [0.1, 0.15) is 0 Å². The number of fused-ring (bicyclic) bond motifs is 16. The fraction of sp³-hybridized carbons (Fsp3) is 0. The Hall–Kier alpha value is -6.53. The highest BCUT2D eigenvalue weighted by molar-refractivity contribution is 6.33. The minimum Gasteiger partial charge on any atom is -0.307 e. The molecule has 11 aromatic rings. The number of imidazole rings is 1. The first-order valence-electron chi connectivity index (χ1n) is 15.8. The zero-order chi connectivity index (χ0) is 30.6. The van der Waals surface area contributed by atoms with Crippen LogP contribution in [0, 0.1) is 0 Å². The maximum Gasteiger partial charge on any atom is 0.178 e.